The standard InChI is InChI=1S/C20H23ClF3N3O3S/c1-12-17(19(28)27-9-5-4-6-10-27)18(13(2)26(12)3)31(29,30)25-14-7-8-16(21)15(11-14)20(22,23)24/h7-8,11,25H,4-6,9-10H2,1-3H3. The Hall–Kier alpha value is -2.20. The molecule has 2 heterocycles. The normalized spacial score (nSPS) is 15.3. The first-order chi connectivity index (χ1) is 14.3. The average molecular weight is 478 g/mol. The van der Waals surface area contributed by atoms with Crippen molar-refractivity contribution >= 4 is 33.2 Å². The third-order valence-electron chi connectivity index (χ3n) is 5.57. The number of likely N-dealkylation sites (tertiary alicyclic amines) is 1. The van der Waals surface area contributed by atoms with Crippen molar-refractivity contribution in [2.24, 2.45) is 7.05 Å². The van der Waals surface area contributed by atoms with Gasteiger partial charge in [-0.15, -0.1) is 0 Å². The molecule has 6 nitrogen and oxygen atoms in total. The predicted molar refractivity (Wildman–Crippen MR) is 112 cm³/mol. The first-order valence-corrected chi connectivity index (χ1v) is 11.6. The van der Waals surface area contributed by atoms with Crippen molar-refractivity contribution in [3.8, 4) is 0 Å². The van der Waals surface area contributed by atoms with Gasteiger partial charge < -0.3 is 9.47 Å². The van der Waals surface area contributed by atoms with Crippen LogP contribution in [0, 0.1) is 13.8 Å². The number of amides is 1. The SMILES string of the molecule is Cc1c(C(=O)N2CCCCC2)c(S(=O)(=O)Nc2ccc(Cl)c(C(F)(F)F)c2)c(C)n1C. The Bertz CT molecular complexity index is 1120. The Balaban J connectivity index is 2.06. The Labute approximate surface area is 184 Å². The van der Waals surface area contributed by atoms with Gasteiger partial charge in [-0.25, -0.2) is 8.42 Å². The van der Waals surface area contributed by atoms with E-state index in [9.17, 15) is 26.4 Å². The van der Waals surface area contributed by atoms with Gasteiger partial charge in [-0.3, -0.25) is 9.52 Å². The summed E-state index contributed by atoms with van der Waals surface area (Å²) in [5.74, 6) is -0.395. The van der Waals surface area contributed by atoms with Crippen molar-refractivity contribution < 1.29 is 26.4 Å². The van der Waals surface area contributed by atoms with Gasteiger partial charge >= 0.3 is 6.18 Å². The molecule has 1 aromatic heterocycles. The zero-order valence-electron chi connectivity index (χ0n) is 17.3. The van der Waals surface area contributed by atoms with Crippen LogP contribution in [0.3, 0.4) is 0 Å². The maximum Gasteiger partial charge on any atom is 0.417 e. The molecule has 11 heteroatoms. The zero-order chi connectivity index (χ0) is 23.1. The third-order valence-corrected chi connectivity index (χ3v) is 7.44. The summed E-state index contributed by atoms with van der Waals surface area (Å²) in [5.41, 5.74) is -0.621. The summed E-state index contributed by atoms with van der Waals surface area (Å²) in [6.45, 7) is 4.27. The number of anilines is 1. The van der Waals surface area contributed by atoms with Crippen LogP contribution in [0.4, 0.5) is 18.9 Å². The van der Waals surface area contributed by atoms with Crippen LogP contribution >= 0.6 is 11.6 Å². The maximum absolute atomic E-state index is 13.2. The lowest BCUT2D eigenvalue weighted by atomic mass is 10.1. The lowest BCUT2D eigenvalue weighted by Crippen LogP contribution is -2.36. The molecule has 0 bridgehead atoms. The van der Waals surface area contributed by atoms with Crippen molar-refractivity contribution in [3.63, 3.8) is 0 Å². The predicted octanol–water partition coefficient (Wildman–Crippen LogP) is 4.74. The van der Waals surface area contributed by atoms with E-state index in [-0.39, 0.29) is 16.1 Å². The fourth-order valence-corrected chi connectivity index (χ4v) is 5.56. The number of hydrogen-bond donors (Lipinski definition) is 1. The van der Waals surface area contributed by atoms with E-state index in [1.54, 1.807) is 30.4 Å². The first kappa shape index (κ1) is 23.5. The summed E-state index contributed by atoms with van der Waals surface area (Å²) in [5, 5.41) is -0.539. The van der Waals surface area contributed by atoms with Crippen molar-refractivity contribution in [2.75, 3.05) is 17.8 Å². The van der Waals surface area contributed by atoms with E-state index in [1.807, 2.05) is 0 Å². The number of halogens is 4. The fraction of sp³-hybridized carbons (Fsp3) is 0.450. The number of carbonyl (C=O) groups is 1. The number of aromatic nitrogens is 1. The number of alkyl halides is 3. The fourth-order valence-electron chi connectivity index (χ4n) is 3.76. The van der Waals surface area contributed by atoms with Gasteiger partial charge in [-0.05, 0) is 51.3 Å². The van der Waals surface area contributed by atoms with E-state index in [0.29, 0.717) is 30.5 Å². The number of nitrogens with one attached hydrogen (secondary N) is 1. The Morgan fingerprint density at radius 1 is 1.10 bits per heavy atom. The summed E-state index contributed by atoms with van der Waals surface area (Å²) >= 11 is 5.62. The van der Waals surface area contributed by atoms with E-state index in [2.05, 4.69) is 4.72 Å². The molecule has 0 saturated carbocycles. The molecule has 1 amide bonds. The lowest BCUT2D eigenvalue weighted by Gasteiger charge is -2.27. The highest BCUT2D eigenvalue weighted by molar-refractivity contribution is 7.92. The lowest BCUT2D eigenvalue weighted by molar-refractivity contribution is -0.137. The summed E-state index contributed by atoms with van der Waals surface area (Å²) in [6, 6.07) is 2.76. The molecule has 1 saturated heterocycles. The Kier molecular flexibility index (Phi) is 6.35. The molecule has 1 N–H and O–H groups in total. The molecular weight excluding hydrogens is 455 g/mol. The molecule has 1 aliphatic heterocycles. The van der Waals surface area contributed by atoms with Crippen LogP contribution < -0.4 is 4.72 Å². The van der Waals surface area contributed by atoms with Crippen molar-refractivity contribution in [1.82, 2.24) is 9.47 Å². The van der Waals surface area contributed by atoms with E-state index >= 15 is 0 Å². The van der Waals surface area contributed by atoms with Gasteiger partial charge in [0.1, 0.15) is 4.90 Å². The molecule has 1 fully saturated rings. The van der Waals surface area contributed by atoms with Crippen LogP contribution in [0.2, 0.25) is 5.02 Å². The van der Waals surface area contributed by atoms with Gasteiger partial charge in [0, 0.05) is 37.2 Å². The molecule has 170 valence electrons. The van der Waals surface area contributed by atoms with Gasteiger partial charge in [-0.2, -0.15) is 13.2 Å². The summed E-state index contributed by atoms with van der Waals surface area (Å²) < 4.78 is 69.7. The van der Waals surface area contributed by atoms with E-state index in [0.717, 1.165) is 31.4 Å². The van der Waals surface area contributed by atoms with Crippen LogP contribution in [-0.4, -0.2) is 36.9 Å². The highest BCUT2D eigenvalue weighted by Crippen LogP contribution is 2.37. The number of hydrogen-bond acceptors (Lipinski definition) is 3. The molecule has 3 rings (SSSR count). The molecule has 0 unspecified atom stereocenters. The highest BCUT2D eigenvalue weighted by atomic mass is 35.5. The number of benzene rings is 1. The largest absolute Gasteiger partial charge is 0.417 e. The molecule has 0 aliphatic carbocycles. The molecule has 0 spiro atoms. The summed E-state index contributed by atoms with van der Waals surface area (Å²) in [4.78, 5) is 14.6. The Morgan fingerprint density at radius 2 is 1.71 bits per heavy atom. The highest BCUT2D eigenvalue weighted by Gasteiger charge is 2.35. The monoisotopic (exact) mass is 477 g/mol. The van der Waals surface area contributed by atoms with Crippen molar-refractivity contribution in [3.05, 3.63) is 45.7 Å². The molecular formula is C20H23ClF3N3O3S. The van der Waals surface area contributed by atoms with Crippen LogP contribution in [0.15, 0.2) is 23.1 Å². The molecule has 1 aliphatic rings. The number of rotatable bonds is 4. The number of sulfonamides is 1. The van der Waals surface area contributed by atoms with Crippen molar-refractivity contribution in [2.45, 2.75) is 44.2 Å². The van der Waals surface area contributed by atoms with Gasteiger partial charge in [-0.1, -0.05) is 11.6 Å². The topological polar surface area (TPSA) is 71.4 Å². The third kappa shape index (κ3) is 4.55. The number of nitrogens with zero attached hydrogens (tertiary/aromatic N) is 2. The van der Waals surface area contributed by atoms with Crippen LogP contribution in [0.25, 0.3) is 0 Å². The van der Waals surface area contributed by atoms with E-state index in [4.69, 9.17) is 11.6 Å². The van der Waals surface area contributed by atoms with Crippen LogP contribution in [-0.2, 0) is 23.2 Å². The second-order valence-electron chi connectivity index (χ2n) is 7.58. The maximum atomic E-state index is 13.2. The first-order valence-electron chi connectivity index (χ1n) is 9.69. The molecule has 0 atom stereocenters. The van der Waals surface area contributed by atoms with E-state index in [1.165, 1.54) is 0 Å². The quantitative estimate of drug-likeness (QED) is 0.691. The number of carbonyl (C=O) groups excluding carboxylic acids is 1. The molecule has 1 aromatic carbocycles. The molecule has 0 radical (unpaired) electrons. The van der Waals surface area contributed by atoms with Crippen LogP contribution in [0.1, 0.15) is 46.6 Å². The van der Waals surface area contributed by atoms with Gasteiger partial charge in [0.15, 0.2) is 0 Å². The van der Waals surface area contributed by atoms with Gasteiger partial charge in [0.05, 0.1) is 16.1 Å². The molecule has 2 aromatic rings. The number of piperidine rings is 1. The molecule has 31 heavy (non-hydrogen) atoms. The Morgan fingerprint density at radius 3 is 2.29 bits per heavy atom. The minimum Gasteiger partial charge on any atom is -0.350 e. The minimum atomic E-state index is -4.74. The second-order valence-corrected chi connectivity index (χ2v) is 9.61. The minimum absolute atomic E-state index is 0.0411. The average Bonchev–Trinajstić information content (AvgIpc) is 2.93. The van der Waals surface area contributed by atoms with Crippen LogP contribution in [0.5, 0.6) is 0 Å². The van der Waals surface area contributed by atoms with Crippen molar-refractivity contribution in [1.29, 1.82) is 0 Å². The smallest absolute Gasteiger partial charge is 0.350 e. The summed E-state index contributed by atoms with van der Waals surface area (Å²) in [6.07, 6.45) is -2.07. The van der Waals surface area contributed by atoms with Gasteiger partial charge in [0.25, 0.3) is 15.9 Å². The van der Waals surface area contributed by atoms with E-state index < -0.39 is 32.7 Å². The second kappa shape index (κ2) is 8.38. The summed E-state index contributed by atoms with van der Waals surface area (Å²) in [7, 11) is -2.72. The van der Waals surface area contributed by atoms with Gasteiger partial charge in [0.2, 0.25) is 0 Å². The zero-order valence-corrected chi connectivity index (χ0v) is 18.9.